The molecule has 0 heterocycles. The average Bonchev–Trinajstić information content (AvgIpc) is 2.34. The SMILES string of the molecule is CCCOc1cc(OC)ccc1CCC(=O)Cl. The fraction of sp³-hybridized carbons (Fsp3) is 0.462. The topological polar surface area (TPSA) is 35.5 Å². The van der Waals surface area contributed by atoms with E-state index in [2.05, 4.69) is 0 Å². The maximum absolute atomic E-state index is 10.8. The molecule has 0 saturated carbocycles. The monoisotopic (exact) mass is 256 g/mol. The van der Waals surface area contributed by atoms with Crippen LogP contribution in [0.1, 0.15) is 25.3 Å². The van der Waals surface area contributed by atoms with Gasteiger partial charge < -0.3 is 9.47 Å². The summed E-state index contributed by atoms with van der Waals surface area (Å²) in [5, 5.41) is -0.331. The van der Waals surface area contributed by atoms with Gasteiger partial charge in [0.15, 0.2) is 0 Å². The zero-order chi connectivity index (χ0) is 12.7. The van der Waals surface area contributed by atoms with E-state index in [0.717, 1.165) is 23.5 Å². The van der Waals surface area contributed by atoms with Gasteiger partial charge in [-0.05, 0) is 36.1 Å². The zero-order valence-corrected chi connectivity index (χ0v) is 10.9. The van der Waals surface area contributed by atoms with Crippen LogP contribution in [0.5, 0.6) is 11.5 Å². The Morgan fingerprint density at radius 2 is 2.18 bits per heavy atom. The Hall–Kier alpha value is -1.22. The molecular weight excluding hydrogens is 240 g/mol. The van der Waals surface area contributed by atoms with Gasteiger partial charge in [-0.15, -0.1) is 0 Å². The van der Waals surface area contributed by atoms with E-state index < -0.39 is 0 Å². The molecule has 0 spiro atoms. The van der Waals surface area contributed by atoms with Gasteiger partial charge in [0.05, 0.1) is 13.7 Å². The van der Waals surface area contributed by atoms with E-state index in [1.165, 1.54) is 0 Å². The lowest BCUT2D eigenvalue weighted by molar-refractivity contribution is -0.111. The van der Waals surface area contributed by atoms with Gasteiger partial charge in [-0.1, -0.05) is 13.0 Å². The molecule has 17 heavy (non-hydrogen) atoms. The van der Waals surface area contributed by atoms with Crippen molar-refractivity contribution in [3.63, 3.8) is 0 Å². The summed E-state index contributed by atoms with van der Waals surface area (Å²) >= 11 is 5.34. The first-order chi connectivity index (χ1) is 8.17. The van der Waals surface area contributed by atoms with Crippen LogP contribution in [0.4, 0.5) is 0 Å². The Morgan fingerprint density at radius 1 is 1.41 bits per heavy atom. The van der Waals surface area contributed by atoms with Crippen molar-refractivity contribution in [1.29, 1.82) is 0 Å². The Labute approximate surface area is 107 Å². The summed E-state index contributed by atoms with van der Waals surface area (Å²) in [6.45, 7) is 2.69. The highest BCUT2D eigenvalue weighted by Gasteiger charge is 2.07. The van der Waals surface area contributed by atoms with Crippen LogP contribution in [0.15, 0.2) is 18.2 Å². The molecular formula is C13H17ClO3. The van der Waals surface area contributed by atoms with Crippen LogP contribution in [0.25, 0.3) is 0 Å². The molecule has 0 amide bonds. The van der Waals surface area contributed by atoms with E-state index in [1.54, 1.807) is 7.11 Å². The number of carbonyl (C=O) groups is 1. The minimum absolute atomic E-state index is 0.316. The second kappa shape index (κ2) is 7.17. The van der Waals surface area contributed by atoms with Gasteiger partial charge in [-0.2, -0.15) is 0 Å². The molecule has 0 atom stereocenters. The van der Waals surface area contributed by atoms with E-state index in [-0.39, 0.29) is 5.24 Å². The van der Waals surface area contributed by atoms with Crippen molar-refractivity contribution in [2.75, 3.05) is 13.7 Å². The molecule has 1 rings (SSSR count). The first-order valence-corrected chi connectivity index (χ1v) is 6.03. The van der Waals surface area contributed by atoms with Gasteiger partial charge in [0.25, 0.3) is 0 Å². The Morgan fingerprint density at radius 3 is 2.76 bits per heavy atom. The molecule has 1 aromatic rings. The summed E-state index contributed by atoms with van der Waals surface area (Å²) < 4.78 is 10.8. The molecule has 0 bridgehead atoms. The summed E-state index contributed by atoms with van der Waals surface area (Å²) in [6.07, 6.45) is 1.84. The number of aryl methyl sites for hydroxylation is 1. The summed E-state index contributed by atoms with van der Waals surface area (Å²) in [4.78, 5) is 10.8. The van der Waals surface area contributed by atoms with Gasteiger partial charge in [-0.3, -0.25) is 4.79 Å². The van der Waals surface area contributed by atoms with Crippen LogP contribution in [0.3, 0.4) is 0 Å². The number of halogens is 1. The van der Waals surface area contributed by atoms with Gasteiger partial charge in [0, 0.05) is 12.5 Å². The van der Waals surface area contributed by atoms with Crippen LogP contribution in [-0.2, 0) is 11.2 Å². The van der Waals surface area contributed by atoms with Crippen molar-refractivity contribution >= 4 is 16.8 Å². The van der Waals surface area contributed by atoms with Crippen molar-refractivity contribution in [3.8, 4) is 11.5 Å². The molecule has 0 unspecified atom stereocenters. The highest BCUT2D eigenvalue weighted by atomic mass is 35.5. The molecule has 0 fully saturated rings. The standard InChI is InChI=1S/C13H17ClO3/c1-3-8-17-12-9-11(16-2)6-4-10(12)5-7-13(14)15/h4,6,9H,3,5,7-8H2,1-2H3. The summed E-state index contributed by atoms with van der Waals surface area (Å²) in [5.41, 5.74) is 0.980. The van der Waals surface area contributed by atoms with E-state index in [9.17, 15) is 4.79 Å². The first kappa shape index (κ1) is 13.8. The van der Waals surface area contributed by atoms with Crippen LogP contribution in [-0.4, -0.2) is 19.0 Å². The fourth-order valence-corrected chi connectivity index (χ4v) is 1.54. The molecule has 94 valence electrons. The highest BCUT2D eigenvalue weighted by molar-refractivity contribution is 6.63. The minimum atomic E-state index is -0.331. The third-order valence-corrected chi connectivity index (χ3v) is 2.52. The first-order valence-electron chi connectivity index (χ1n) is 5.65. The predicted octanol–water partition coefficient (Wildman–Crippen LogP) is 3.18. The summed E-state index contributed by atoms with van der Waals surface area (Å²) in [7, 11) is 1.61. The van der Waals surface area contributed by atoms with E-state index in [1.807, 2.05) is 25.1 Å². The third kappa shape index (κ3) is 4.65. The summed E-state index contributed by atoms with van der Waals surface area (Å²) in [6, 6.07) is 5.60. The maximum atomic E-state index is 10.8. The van der Waals surface area contributed by atoms with Crippen molar-refractivity contribution < 1.29 is 14.3 Å². The molecule has 3 nitrogen and oxygen atoms in total. The minimum Gasteiger partial charge on any atom is -0.497 e. The van der Waals surface area contributed by atoms with E-state index >= 15 is 0 Å². The Bertz CT molecular complexity index is 377. The number of carbonyl (C=O) groups excluding carboxylic acids is 1. The lowest BCUT2D eigenvalue weighted by atomic mass is 10.1. The van der Waals surface area contributed by atoms with Gasteiger partial charge in [0.2, 0.25) is 5.24 Å². The molecule has 4 heteroatoms. The van der Waals surface area contributed by atoms with Crippen LogP contribution in [0.2, 0.25) is 0 Å². The molecule has 0 aliphatic rings. The molecule has 0 aliphatic carbocycles. The number of rotatable bonds is 7. The van der Waals surface area contributed by atoms with Crippen molar-refractivity contribution in [1.82, 2.24) is 0 Å². The van der Waals surface area contributed by atoms with Crippen LogP contribution >= 0.6 is 11.6 Å². The van der Waals surface area contributed by atoms with E-state index in [0.29, 0.717) is 19.4 Å². The van der Waals surface area contributed by atoms with Gasteiger partial charge in [-0.25, -0.2) is 0 Å². The molecule has 1 aromatic carbocycles. The lowest BCUT2D eigenvalue weighted by Gasteiger charge is -2.11. The third-order valence-electron chi connectivity index (χ3n) is 2.33. The molecule has 0 aromatic heterocycles. The number of ether oxygens (including phenoxy) is 2. The smallest absolute Gasteiger partial charge is 0.221 e. The van der Waals surface area contributed by atoms with Crippen molar-refractivity contribution in [2.24, 2.45) is 0 Å². The summed E-state index contributed by atoms with van der Waals surface area (Å²) in [5.74, 6) is 1.51. The largest absolute Gasteiger partial charge is 0.497 e. The van der Waals surface area contributed by atoms with Crippen LogP contribution < -0.4 is 9.47 Å². The van der Waals surface area contributed by atoms with Crippen molar-refractivity contribution in [3.05, 3.63) is 23.8 Å². The normalized spacial score (nSPS) is 10.1. The fourth-order valence-electron chi connectivity index (χ4n) is 1.45. The van der Waals surface area contributed by atoms with E-state index in [4.69, 9.17) is 21.1 Å². The second-order valence-electron chi connectivity index (χ2n) is 3.68. The number of methoxy groups -OCH3 is 1. The number of benzene rings is 1. The highest BCUT2D eigenvalue weighted by Crippen LogP contribution is 2.26. The molecule has 0 saturated heterocycles. The van der Waals surface area contributed by atoms with Crippen LogP contribution in [0, 0.1) is 0 Å². The molecule has 0 N–H and O–H groups in total. The molecule has 0 aliphatic heterocycles. The number of hydrogen-bond acceptors (Lipinski definition) is 3. The zero-order valence-electron chi connectivity index (χ0n) is 10.2. The lowest BCUT2D eigenvalue weighted by Crippen LogP contribution is -2.01. The van der Waals surface area contributed by atoms with Gasteiger partial charge in [0.1, 0.15) is 11.5 Å². The Balaban J connectivity index is 2.81. The maximum Gasteiger partial charge on any atom is 0.221 e. The Kier molecular flexibility index (Phi) is 5.84. The average molecular weight is 257 g/mol. The van der Waals surface area contributed by atoms with Gasteiger partial charge >= 0.3 is 0 Å². The second-order valence-corrected chi connectivity index (χ2v) is 4.10. The molecule has 0 radical (unpaired) electrons. The predicted molar refractivity (Wildman–Crippen MR) is 68.0 cm³/mol. The quantitative estimate of drug-likeness (QED) is 0.703. The number of hydrogen-bond donors (Lipinski definition) is 0. The van der Waals surface area contributed by atoms with Crippen molar-refractivity contribution in [2.45, 2.75) is 26.2 Å².